The SMILES string of the molecule is O=C(O)c1ccc(Sc2cccc(Br)c2)nn1. The first-order valence-corrected chi connectivity index (χ1v) is 6.26. The molecule has 0 saturated heterocycles. The third kappa shape index (κ3) is 3.28. The number of rotatable bonds is 3. The Hall–Kier alpha value is -1.40. The summed E-state index contributed by atoms with van der Waals surface area (Å²) in [7, 11) is 0. The molecule has 4 nitrogen and oxygen atoms in total. The molecule has 1 aromatic carbocycles. The zero-order valence-corrected chi connectivity index (χ0v) is 10.9. The van der Waals surface area contributed by atoms with Crippen molar-refractivity contribution in [2.45, 2.75) is 9.92 Å². The molecule has 0 saturated carbocycles. The zero-order valence-electron chi connectivity index (χ0n) is 8.50. The fourth-order valence-electron chi connectivity index (χ4n) is 1.14. The van der Waals surface area contributed by atoms with Gasteiger partial charge in [0, 0.05) is 9.37 Å². The minimum Gasteiger partial charge on any atom is -0.476 e. The normalized spacial score (nSPS) is 10.2. The Balaban J connectivity index is 2.16. The summed E-state index contributed by atoms with van der Waals surface area (Å²) in [4.78, 5) is 11.6. The molecule has 0 aliphatic rings. The summed E-state index contributed by atoms with van der Waals surface area (Å²) in [6, 6.07) is 10.8. The first-order valence-electron chi connectivity index (χ1n) is 4.65. The summed E-state index contributed by atoms with van der Waals surface area (Å²) in [5.74, 6) is -1.07. The molecule has 2 rings (SSSR count). The topological polar surface area (TPSA) is 63.1 Å². The highest BCUT2D eigenvalue weighted by Crippen LogP contribution is 2.27. The Kier molecular flexibility index (Phi) is 3.75. The molecule has 0 amide bonds. The second-order valence-corrected chi connectivity index (χ2v) is 5.13. The van der Waals surface area contributed by atoms with Crippen LogP contribution in [0.1, 0.15) is 10.5 Å². The lowest BCUT2D eigenvalue weighted by Crippen LogP contribution is -2.01. The average Bonchev–Trinajstić information content (AvgIpc) is 2.29. The average molecular weight is 311 g/mol. The lowest BCUT2D eigenvalue weighted by Gasteiger charge is -2.00. The van der Waals surface area contributed by atoms with Crippen molar-refractivity contribution >= 4 is 33.7 Å². The van der Waals surface area contributed by atoms with E-state index in [2.05, 4.69) is 26.1 Å². The highest BCUT2D eigenvalue weighted by Gasteiger charge is 2.06. The van der Waals surface area contributed by atoms with Crippen LogP contribution < -0.4 is 0 Å². The molecule has 0 atom stereocenters. The number of benzene rings is 1. The standard InChI is InChI=1S/C11H7BrN2O2S/c12-7-2-1-3-8(6-7)17-10-5-4-9(11(15)16)13-14-10/h1-6H,(H,15,16). The van der Waals surface area contributed by atoms with Crippen LogP contribution in [0.2, 0.25) is 0 Å². The lowest BCUT2D eigenvalue weighted by molar-refractivity contribution is 0.0689. The molecule has 17 heavy (non-hydrogen) atoms. The highest BCUT2D eigenvalue weighted by atomic mass is 79.9. The van der Waals surface area contributed by atoms with Gasteiger partial charge >= 0.3 is 5.97 Å². The van der Waals surface area contributed by atoms with Crippen LogP contribution in [0.5, 0.6) is 0 Å². The molecule has 6 heteroatoms. The summed E-state index contributed by atoms with van der Waals surface area (Å²) in [5.41, 5.74) is -0.0522. The molecule has 1 aromatic heterocycles. The number of aromatic nitrogens is 2. The largest absolute Gasteiger partial charge is 0.476 e. The number of hydrogen-bond donors (Lipinski definition) is 1. The molecule has 0 aliphatic carbocycles. The van der Waals surface area contributed by atoms with E-state index < -0.39 is 5.97 Å². The molecule has 0 bridgehead atoms. The van der Waals surface area contributed by atoms with Crippen LogP contribution in [0.4, 0.5) is 0 Å². The second kappa shape index (κ2) is 5.29. The monoisotopic (exact) mass is 310 g/mol. The van der Waals surface area contributed by atoms with E-state index >= 15 is 0 Å². The predicted octanol–water partition coefficient (Wildman–Crippen LogP) is 3.09. The van der Waals surface area contributed by atoms with E-state index in [-0.39, 0.29) is 5.69 Å². The molecule has 1 N–H and O–H groups in total. The van der Waals surface area contributed by atoms with Crippen molar-refractivity contribution in [3.05, 3.63) is 46.6 Å². The van der Waals surface area contributed by atoms with Gasteiger partial charge in [0.2, 0.25) is 0 Å². The summed E-state index contributed by atoms with van der Waals surface area (Å²) in [6.45, 7) is 0. The van der Waals surface area contributed by atoms with E-state index in [1.807, 2.05) is 24.3 Å². The van der Waals surface area contributed by atoms with Crippen molar-refractivity contribution in [3.8, 4) is 0 Å². The van der Waals surface area contributed by atoms with Gasteiger partial charge in [0.15, 0.2) is 5.69 Å². The van der Waals surface area contributed by atoms with Gasteiger partial charge in [0.25, 0.3) is 0 Å². The fourth-order valence-corrected chi connectivity index (χ4v) is 2.48. The van der Waals surface area contributed by atoms with Gasteiger partial charge in [-0.1, -0.05) is 33.8 Å². The Morgan fingerprint density at radius 3 is 2.65 bits per heavy atom. The number of carboxylic acids is 1. The maximum atomic E-state index is 10.6. The van der Waals surface area contributed by atoms with Crippen LogP contribution in [-0.4, -0.2) is 21.3 Å². The molecular formula is C11H7BrN2O2S. The van der Waals surface area contributed by atoms with Gasteiger partial charge in [0.05, 0.1) is 0 Å². The number of nitrogens with zero attached hydrogens (tertiary/aromatic N) is 2. The van der Waals surface area contributed by atoms with Crippen molar-refractivity contribution in [2.75, 3.05) is 0 Å². The molecule has 86 valence electrons. The van der Waals surface area contributed by atoms with Crippen LogP contribution in [0.15, 0.2) is 50.8 Å². The van der Waals surface area contributed by atoms with Crippen LogP contribution in [-0.2, 0) is 0 Å². The van der Waals surface area contributed by atoms with Gasteiger partial charge in [-0.2, -0.15) is 0 Å². The highest BCUT2D eigenvalue weighted by molar-refractivity contribution is 9.10. The second-order valence-electron chi connectivity index (χ2n) is 3.12. The van der Waals surface area contributed by atoms with E-state index in [9.17, 15) is 4.79 Å². The zero-order chi connectivity index (χ0) is 12.3. The number of halogens is 1. The molecular weight excluding hydrogens is 304 g/mol. The maximum absolute atomic E-state index is 10.6. The first-order chi connectivity index (χ1) is 8.15. The Bertz CT molecular complexity index is 545. The van der Waals surface area contributed by atoms with Crippen molar-refractivity contribution in [3.63, 3.8) is 0 Å². The molecule has 0 fully saturated rings. The number of carbonyl (C=O) groups is 1. The van der Waals surface area contributed by atoms with Crippen LogP contribution in [0, 0.1) is 0 Å². The van der Waals surface area contributed by atoms with E-state index in [4.69, 9.17) is 5.11 Å². The molecule has 0 aliphatic heterocycles. The predicted molar refractivity (Wildman–Crippen MR) is 67.3 cm³/mol. The quantitative estimate of drug-likeness (QED) is 0.944. The van der Waals surface area contributed by atoms with Crippen LogP contribution in [0.25, 0.3) is 0 Å². The lowest BCUT2D eigenvalue weighted by atomic mass is 10.4. The Labute approximate surface area is 110 Å². The summed E-state index contributed by atoms with van der Waals surface area (Å²) in [6.07, 6.45) is 0. The van der Waals surface area contributed by atoms with Gasteiger partial charge in [-0.05, 0) is 30.3 Å². The number of aromatic carboxylic acids is 1. The van der Waals surface area contributed by atoms with Gasteiger partial charge in [-0.25, -0.2) is 4.79 Å². The van der Waals surface area contributed by atoms with Gasteiger partial charge in [-0.3, -0.25) is 0 Å². The fraction of sp³-hybridized carbons (Fsp3) is 0. The van der Waals surface area contributed by atoms with Crippen LogP contribution >= 0.6 is 27.7 Å². The molecule has 0 radical (unpaired) electrons. The van der Waals surface area contributed by atoms with E-state index in [1.165, 1.54) is 17.8 Å². The molecule has 2 aromatic rings. The van der Waals surface area contributed by atoms with Gasteiger partial charge in [0.1, 0.15) is 5.03 Å². The maximum Gasteiger partial charge on any atom is 0.356 e. The van der Waals surface area contributed by atoms with Crippen molar-refractivity contribution < 1.29 is 9.90 Å². The number of hydrogen-bond acceptors (Lipinski definition) is 4. The minimum absolute atomic E-state index is 0.0522. The van der Waals surface area contributed by atoms with Crippen molar-refractivity contribution in [1.29, 1.82) is 0 Å². The third-order valence-electron chi connectivity index (χ3n) is 1.88. The van der Waals surface area contributed by atoms with Crippen molar-refractivity contribution in [1.82, 2.24) is 10.2 Å². The van der Waals surface area contributed by atoms with Gasteiger partial charge < -0.3 is 5.11 Å². The molecule has 0 unspecified atom stereocenters. The van der Waals surface area contributed by atoms with E-state index in [1.54, 1.807) is 6.07 Å². The van der Waals surface area contributed by atoms with Gasteiger partial charge in [-0.15, -0.1) is 10.2 Å². The molecule has 0 spiro atoms. The summed E-state index contributed by atoms with van der Waals surface area (Å²) in [5, 5.41) is 16.8. The van der Waals surface area contributed by atoms with E-state index in [0.29, 0.717) is 5.03 Å². The number of carboxylic acid groups (broad SMARTS) is 1. The smallest absolute Gasteiger partial charge is 0.356 e. The van der Waals surface area contributed by atoms with Crippen molar-refractivity contribution in [2.24, 2.45) is 0 Å². The summed E-state index contributed by atoms with van der Waals surface area (Å²) < 4.78 is 0.984. The van der Waals surface area contributed by atoms with E-state index in [0.717, 1.165) is 9.37 Å². The minimum atomic E-state index is -1.07. The van der Waals surface area contributed by atoms with Crippen LogP contribution in [0.3, 0.4) is 0 Å². The molecule has 1 heterocycles. The third-order valence-corrected chi connectivity index (χ3v) is 3.29. The Morgan fingerprint density at radius 2 is 2.06 bits per heavy atom. The first kappa shape index (κ1) is 12.1. The Morgan fingerprint density at radius 1 is 1.24 bits per heavy atom. The summed E-state index contributed by atoms with van der Waals surface area (Å²) >= 11 is 4.80.